The van der Waals surface area contributed by atoms with Gasteiger partial charge < -0.3 is 5.11 Å². The Bertz CT molecular complexity index is 978. The summed E-state index contributed by atoms with van der Waals surface area (Å²) in [4.78, 5) is 11.6. The van der Waals surface area contributed by atoms with E-state index in [9.17, 15) is 18.3 Å². The molecule has 1 aromatic carbocycles. The van der Waals surface area contributed by atoms with Gasteiger partial charge in [0, 0.05) is 19.2 Å². The van der Waals surface area contributed by atoms with E-state index >= 15 is 0 Å². The number of carboxylic acid groups (broad SMARTS) is 1. The van der Waals surface area contributed by atoms with E-state index in [0.717, 1.165) is 36.1 Å². The van der Waals surface area contributed by atoms with Crippen molar-refractivity contribution in [2.24, 2.45) is 7.05 Å². The molecule has 1 aromatic heterocycles. The third kappa shape index (κ3) is 2.35. The number of benzene rings is 1. The summed E-state index contributed by atoms with van der Waals surface area (Å²) in [5.41, 5.74) is 2.70. The van der Waals surface area contributed by atoms with Gasteiger partial charge in [0.2, 0.25) is 0 Å². The van der Waals surface area contributed by atoms with Crippen LogP contribution in [0.3, 0.4) is 0 Å². The second-order valence-electron chi connectivity index (χ2n) is 6.51. The summed E-state index contributed by atoms with van der Waals surface area (Å²) in [6.07, 6.45) is 3.95. The summed E-state index contributed by atoms with van der Waals surface area (Å²) in [7, 11) is -2.22. The van der Waals surface area contributed by atoms with Crippen molar-refractivity contribution in [1.29, 1.82) is 0 Å². The zero-order valence-corrected chi connectivity index (χ0v) is 14.7. The van der Waals surface area contributed by atoms with E-state index in [-0.39, 0.29) is 17.1 Å². The SMILES string of the molecule is Cn1nc2c(c1S(=O)(=O)N1CCc3cccc(C(=O)O)c31)CCCC2. The molecule has 7 nitrogen and oxygen atoms in total. The lowest BCUT2D eigenvalue weighted by molar-refractivity contribution is 0.0698. The molecule has 0 saturated carbocycles. The Labute approximate surface area is 145 Å². The van der Waals surface area contributed by atoms with Gasteiger partial charge in [-0.05, 0) is 43.7 Å². The lowest BCUT2D eigenvalue weighted by Crippen LogP contribution is -2.32. The van der Waals surface area contributed by atoms with Crippen molar-refractivity contribution in [2.45, 2.75) is 37.1 Å². The molecule has 0 atom stereocenters. The fraction of sp³-hybridized carbons (Fsp3) is 0.412. The Balaban J connectivity index is 1.88. The summed E-state index contributed by atoms with van der Waals surface area (Å²) in [5.74, 6) is -1.12. The molecule has 0 radical (unpaired) electrons. The van der Waals surface area contributed by atoms with Crippen LogP contribution in [0.4, 0.5) is 5.69 Å². The fourth-order valence-electron chi connectivity index (χ4n) is 3.91. The molecule has 0 spiro atoms. The van der Waals surface area contributed by atoms with Crippen LogP contribution >= 0.6 is 0 Å². The number of fused-ring (bicyclic) bond motifs is 2. The van der Waals surface area contributed by atoms with Gasteiger partial charge in [0.1, 0.15) is 0 Å². The number of carbonyl (C=O) groups is 1. The van der Waals surface area contributed by atoms with Crippen molar-refractivity contribution in [3.63, 3.8) is 0 Å². The van der Waals surface area contributed by atoms with E-state index in [0.29, 0.717) is 18.5 Å². The molecule has 2 aliphatic rings. The predicted molar refractivity (Wildman–Crippen MR) is 91.5 cm³/mol. The number of para-hydroxylation sites is 1. The van der Waals surface area contributed by atoms with Crippen LogP contribution in [0.1, 0.15) is 40.0 Å². The number of anilines is 1. The van der Waals surface area contributed by atoms with Gasteiger partial charge in [0.15, 0.2) is 5.03 Å². The number of aromatic nitrogens is 2. The Morgan fingerprint density at radius 1 is 1.20 bits per heavy atom. The smallest absolute Gasteiger partial charge is 0.337 e. The van der Waals surface area contributed by atoms with Crippen LogP contribution in [-0.2, 0) is 36.3 Å². The number of sulfonamides is 1. The zero-order valence-electron chi connectivity index (χ0n) is 13.9. The minimum Gasteiger partial charge on any atom is -0.478 e. The highest BCUT2D eigenvalue weighted by molar-refractivity contribution is 7.92. The second-order valence-corrected chi connectivity index (χ2v) is 8.28. The molecule has 0 saturated heterocycles. The maximum atomic E-state index is 13.4. The number of carboxylic acids is 1. The minimum atomic E-state index is -3.87. The summed E-state index contributed by atoms with van der Waals surface area (Å²) in [5, 5.41) is 14.1. The quantitative estimate of drug-likeness (QED) is 0.899. The van der Waals surface area contributed by atoms with Crippen LogP contribution in [0, 0.1) is 0 Å². The first-order valence-electron chi connectivity index (χ1n) is 8.34. The maximum absolute atomic E-state index is 13.4. The van der Waals surface area contributed by atoms with Crippen LogP contribution in [0.5, 0.6) is 0 Å². The Morgan fingerprint density at radius 3 is 2.72 bits per heavy atom. The van der Waals surface area contributed by atoms with Gasteiger partial charge in [-0.15, -0.1) is 0 Å². The summed E-state index contributed by atoms with van der Waals surface area (Å²) >= 11 is 0. The van der Waals surface area contributed by atoms with Crippen LogP contribution in [0.15, 0.2) is 23.2 Å². The van der Waals surface area contributed by atoms with Crippen LogP contribution in [0.25, 0.3) is 0 Å². The van der Waals surface area contributed by atoms with Crippen molar-refractivity contribution in [2.75, 3.05) is 10.8 Å². The average Bonchev–Trinajstić information content (AvgIpc) is 3.14. The number of hydrogen-bond donors (Lipinski definition) is 1. The number of aryl methyl sites for hydroxylation is 2. The van der Waals surface area contributed by atoms with Gasteiger partial charge in [-0.1, -0.05) is 12.1 Å². The molecule has 0 fully saturated rings. The highest BCUT2D eigenvalue weighted by atomic mass is 32.2. The molecule has 2 aromatic rings. The van der Waals surface area contributed by atoms with Crippen molar-refractivity contribution < 1.29 is 18.3 Å². The molecule has 0 unspecified atom stereocenters. The first kappa shape index (κ1) is 16.1. The number of hydrogen-bond acceptors (Lipinski definition) is 4. The lowest BCUT2D eigenvalue weighted by Gasteiger charge is -2.22. The van der Waals surface area contributed by atoms with E-state index in [1.807, 2.05) is 0 Å². The molecule has 0 amide bonds. The summed E-state index contributed by atoms with van der Waals surface area (Å²) < 4.78 is 29.5. The van der Waals surface area contributed by atoms with E-state index in [1.165, 1.54) is 15.1 Å². The highest BCUT2D eigenvalue weighted by Gasteiger charge is 2.38. The molecule has 4 rings (SSSR count). The van der Waals surface area contributed by atoms with Crippen molar-refractivity contribution in [3.8, 4) is 0 Å². The average molecular weight is 361 g/mol. The predicted octanol–water partition coefficient (Wildman–Crippen LogP) is 1.75. The van der Waals surface area contributed by atoms with Gasteiger partial charge in [0.25, 0.3) is 10.0 Å². The van der Waals surface area contributed by atoms with Crippen molar-refractivity contribution in [1.82, 2.24) is 9.78 Å². The monoisotopic (exact) mass is 361 g/mol. The first-order valence-corrected chi connectivity index (χ1v) is 9.78. The van der Waals surface area contributed by atoms with Crippen molar-refractivity contribution >= 4 is 21.7 Å². The molecule has 8 heteroatoms. The molecule has 1 aliphatic heterocycles. The molecule has 0 bridgehead atoms. The van der Waals surface area contributed by atoms with Crippen LogP contribution < -0.4 is 4.31 Å². The Hall–Kier alpha value is -2.35. The molecular formula is C17H19N3O4S. The largest absolute Gasteiger partial charge is 0.478 e. The zero-order chi connectivity index (χ0) is 17.8. The van der Waals surface area contributed by atoms with Crippen LogP contribution in [-0.4, -0.2) is 35.8 Å². The number of nitrogens with zero attached hydrogens (tertiary/aromatic N) is 3. The van der Waals surface area contributed by atoms with E-state index < -0.39 is 16.0 Å². The number of rotatable bonds is 3. The Morgan fingerprint density at radius 2 is 1.96 bits per heavy atom. The fourth-order valence-corrected chi connectivity index (χ4v) is 5.82. The Kier molecular flexibility index (Phi) is 3.61. The van der Waals surface area contributed by atoms with Gasteiger partial charge in [-0.2, -0.15) is 13.5 Å². The molecule has 2 heterocycles. The maximum Gasteiger partial charge on any atom is 0.337 e. The van der Waals surface area contributed by atoms with Crippen molar-refractivity contribution in [3.05, 3.63) is 40.6 Å². The normalized spacial score (nSPS) is 16.6. The lowest BCUT2D eigenvalue weighted by atomic mass is 9.99. The topological polar surface area (TPSA) is 92.5 Å². The standard InChI is InChI=1S/C17H19N3O4S/c1-19-16(12-6-2-3-8-14(12)18-19)25(23,24)20-10-9-11-5-4-7-13(15(11)20)17(21)22/h4-5,7H,2-3,6,8-10H2,1H3,(H,21,22). The summed E-state index contributed by atoms with van der Waals surface area (Å²) in [6, 6.07) is 4.90. The summed E-state index contributed by atoms with van der Waals surface area (Å²) in [6.45, 7) is 0.252. The van der Waals surface area contributed by atoms with E-state index in [2.05, 4.69) is 5.10 Å². The first-order chi connectivity index (χ1) is 11.9. The van der Waals surface area contributed by atoms with Crippen LogP contribution in [0.2, 0.25) is 0 Å². The van der Waals surface area contributed by atoms with E-state index in [1.54, 1.807) is 19.2 Å². The minimum absolute atomic E-state index is 0.0228. The van der Waals surface area contributed by atoms with Gasteiger partial charge in [-0.25, -0.2) is 4.79 Å². The van der Waals surface area contributed by atoms with Gasteiger partial charge in [-0.3, -0.25) is 8.99 Å². The molecule has 1 N–H and O–H groups in total. The van der Waals surface area contributed by atoms with E-state index in [4.69, 9.17) is 0 Å². The van der Waals surface area contributed by atoms with Gasteiger partial charge in [0.05, 0.1) is 16.9 Å². The molecule has 1 aliphatic carbocycles. The number of aromatic carboxylic acids is 1. The molecule has 132 valence electrons. The third-order valence-electron chi connectivity index (χ3n) is 4.98. The molecular weight excluding hydrogens is 342 g/mol. The van der Waals surface area contributed by atoms with Gasteiger partial charge >= 0.3 is 5.97 Å². The highest BCUT2D eigenvalue weighted by Crippen LogP contribution is 2.38. The molecule has 25 heavy (non-hydrogen) atoms. The third-order valence-corrected chi connectivity index (χ3v) is 6.92. The second kappa shape index (κ2) is 5.59.